The molecule has 0 spiro atoms. The van der Waals surface area contributed by atoms with E-state index in [0.717, 1.165) is 5.82 Å². The van der Waals surface area contributed by atoms with Gasteiger partial charge in [0.05, 0.1) is 11.1 Å². The molecule has 0 unspecified atom stereocenters. The number of carbonyl (C=O) groups is 2. The molecule has 140 valence electrons. The van der Waals surface area contributed by atoms with Crippen molar-refractivity contribution in [2.45, 2.75) is 32.6 Å². The Morgan fingerprint density at radius 3 is 2.44 bits per heavy atom. The molecule has 0 aliphatic heterocycles. The summed E-state index contributed by atoms with van der Waals surface area (Å²) in [7, 11) is 1.80. The first-order valence-corrected chi connectivity index (χ1v) is 8.84. The van der Waals surface area contributed by atoms with E-state index in [4.69, 9.17) is 0 Å². The number of carbonyl (C=O) groups excluding carboxylic acids is 1. The third-order valence-electron chi connectivity index (χ3n) is 4.73. The van der Waals surface area contributed by atoms with E-state index in [1.807, 2.05) is 19.9 Å². The second-order valence-corrected chi connectivity index (χ2v) is 6.90. The smallest absolute Gasteiger partial charge is 0.336 e. The molecule has 0 amide bonds. The highest BCUT2D eigenvalue weighted by Gasteiger charge is 2.23. The van der Waals surface area contributed by atoms with Crippen LogP contribution in [-0.2, 0) is 13.5 Å². The Kier molecular flexibility index (Phi) is 4.99. The summed E-state index contributed by atoms with van der Waals surface area (Å²) in [5, 5.41) is 20.3. The van der Waals surface area contributed by atoms with Gasteiger partial charge in [-0.3, -0.25) is 4.79 Å². The second kappa shape index (κ2) is 7.23. The number of hydrogen-bond acceptors (Lipinski definition) is 4. The largest absolute Gasteiger partial charge is 0.505 e. The molecule has 3 rings (SSSR count). The zero-order valence-corrected chi connectivity index (χ0v) is 15.6. The predicted molar refractivity (Wildman–Crippen MR) is 103 cm³/mol. The van der Waals surface area contributed by atoms with E-state index >= 15 is 0 Å². The average molecular weight is 366 g/mol. The van der Waals surface area contributed by atoms with E-state index in [9.17, 15) is 19.8 Å². The number of benzene rings is 2. The van der Waals surface area contributed by atoms with E-state index in [1.54, 1.807) is 35.9 Å². The number of rotatable bonds is 6. The maximum atomic E-state index is 12.4. The van der Waals surface area contributed by atoms with Gasteiger partial charge in [0, 0.05) is 30.5 Å². The minimum absolute atomic E-state index is 0.000771. The molecule has 0 radical (unpaired) electrons. The zero-order valence-electron chi connectivity index (χ0n) is 15.6. The van der Waals surface area contributed by atoms with Crippen LogP contribution in [0.2, 0.25) is 0 Å². The maximum Gasteiger partial charge on any atom is 0.336 e. The van der Waals surface area contributed by atoms with Gasteiger partial charge in [0.2, 0.25) is 0 Å². The number of imidazole rings is 1. The molecule has 2 aromatic carbocycles. The molecule has 0 bridgehead atoms. The fourth-order valence-electron chi connectivity index (χ4n) is 3.33. The minimum atomic E-state index is -1.14. The first-order chi connectivity index (χ1) is 12.8. The number of phenolic OH excluding ortho intramolecular Hbond substituents is 1. The minimum Gasteiger partial charge on any atom is -0.505 e. The van der Waals surface area contributed by atoms with Gasteiger partial charge in [-0.2, -0.15) is 0 Å². The monoisotopic (exact) mass is 366 g/mol. The van der Waals surface area contributed by atoms with Gasteiger partial charge in [-0.05, 0) is 12.5 Å². The van der Waals surface area contributed by atoms with E-state index in [-0.39, 0.29) is 41.4 Å². The van der Waals surface area contributed by atoms with Crippen molar-refractivity contribution >= 4 is 22.8 Å². The Balaban J connectivity index is 2.03. The summed E-state index contributed by atoms with van der Waals surface area (Å²) in [5.74, 6) is -0.516. The van der Waals surface area contributed by atoms with Crippen LogP contribution in [0.25, 0.3) is 11.0 Å². The van der Waals surface area contributed by atoms with Crippen LogP contribution in [0.3, 0.4) is 0 Å². The summed E-state index contributed by atoms with van der Waals surface area (Å²) in [5.41, 5.74) is 1.74. The Morgan fingerprint density at radius 1 is 1.19 bits per heavy atom. The van der Waals surface area contributed by atoms with Crippen molar-refractivity contribution in [1.82, 2.24) is 9.55 Å². The standard InChI is InChI=1S/C21H22N2O4/c1-12(2)20-22-18-16(23(20)3)11-15(21(26)27)14(19(18)25)9-10-17(24)13-7-5-4-6-8-13/h4-8,11-12,25H,9-10H2,1-3H3,(H,26,27). The number of hydrogen-bond donors (Lipinski definition) is 2. The van der Waals surface area contributed by atoms with E-state index in [2.05, 4.69) is 4.98 Å². The van der Waals surface area contributed by atoms with E-state index in [0.29, 0.717) is 16.6 Å². The molecule has 6 heteroatoms. The maximum absolute atomic E-state index is 12.4. The summed E-state index contributed by atoms with van der Waals surface area (Å²) in [6.07, 6.45) is 0.234. The number of aromatic carboxylic acids is 1. The van der Waals surface area contributed by atoms with Crippen LogP contribution in [0, 0.1) is 0 Å². The van der Waals surface area contributed by atoms with Crippen molar-refractivity contribution in [3.63, 3.8) is 0 Å². The highest BCUT2D eigenvalue weighted by atomic mass is 16.4. The van der Waals surface area contributed by atoms with Gasteiger partial charge in [-0.1, -0.05) is 44.2 Å². The van der Waals surface area contributed by atoms with Crippen LogP contribution in [0.1, 0.15) is 58.3 Å². The van der Waals surface area contributed by atoms with Gasteiger partial charge in [0.1, 0.15) is 17.1 Å². The molecule has 0 aliphatic carbocycles. The van der Waals surface area contributed by atoms with E-state index in [1.165, 1.54) is 6.07 Å². The number of Topliss-reactive ketones (excluding diaryl/α,β-unsaturated/α-hetero) is 1. The molecule has 0 aliphatic rings. The van der Waals surface area contributed by atoms with Crippen LogP contribution in [0.4, 0.5) is 0 Å². The molecule has 0 saturated carbocycles. The number of aromatic nitrogens is 2. The lowest BCUT2D eigenvalue weighted by molar-refractivity contribution is 0.0694. The number of carboxylic acids is 1. The molecule has 6 nitrogen and oxygen atoms in total. The number of ketones is 1. The van der Waals surface area contributed by atoms with Gasteiger partial charge < -0.3 is 14.8 Å². The highest BCUT2D eigenvalue weighted by Crippen LogP contribution is 2.34. The zero-order chi connectivity index (χ0) is 19.7. The lowest BCUT2D eigenvalue weighted by Gasteiger charge is -2.10. The van der Waals surface area contributed by atoms with E-state index < -0.39 is 5.97 Å². The lowest BCUT2D eigenvalue weighted by Crippen LogP contribution is -2.07. The second-order valence-electron chi connectivity index (χ2n) is 6.90. The van der Waals surface area contributed by atoms with Crippen LogP contribution >= 0.6 is 0 Å². The molecule has 0 fully saturated rings. The summed E-state index contributed by atoms with van der Waals surface area (Å²) in [4.78, 5) is 28.6. The Labute approximate surface area is 157 Å². The average Bonchev–Trinajstić information content (AvgIpc) is 2.98. The first-order valence-electron chi connectivity index (χ1n) is 8.84. The van der Waals surface area contributed by atoms with Gasteiger partial charge in [0.15, 0.2) is 5.78 Å². The van der Waals surface area contributed by atoms with Crippen molar-refractivity contribution in [2.24, 2.45) is 7.05 Å². The Hall–Kier alpha value is -3.15. The van der Waals surface area contributed by atoms with Crippen molar-refractivity contribution in [1.29, 1.82) is 0 Å². The number of nitrogens with zero attached hydrogens (tertiary/aromatic N) is 2. The molecule has 2 N–H and O–H groups in total. The fourth-order valence-corrected chi connectivity index (χ4v) is 3.33. The fraction of sp³-hybridized carbons (Fsp3) is 0.286. The third kappa shape index (κ3) is 3.43. The van der Waals surface area contributed by atoms with Crippen molar-refractivity contribution in [2.75, 3.05) is 0 Å². The highest BCUT2D eigenvalue weighted by molar-refractivity contribution is 5.99. The third-order valence-corrected chi connectivity index (χ3v) is 4.73. The van der Waals surface area contributed by atoms with Gasteiger partial charge in [-0.15, -0.1) is 0 Å². The van der Waals surface area contributed by atoms with Crippen LogP contribution < -0.4 is 0 Å². The summed E-state index contributed by atoms with van der Waals surface area (Å²) >= 11 is 0. The normalized spacial score (nSPS) is 11.3. The first kappa shape index (κ1) is 18.6. The van der Waals surface area contributed by atoms with Gasteiger partial charge in [0.25, 0.3) is 0 Å². The molecule has 0 saturated heterocycles. The number of phenols is 1. The number of carboxylic acid groups (broad SMARTS) is 1. The summed E-state index contributed by atoms with van der Waals surface area (Å²) < 4.78 is 1.80. The number of aromatic hydroxyl groups is 1. The molecule has 0 atom stereocenters. The molecule has 1 heterocycles. The SMILES string of the molecule is CC(C)c1nc2c(O)c(CCC(=O)c3ccccc3)c(C(=O)O)cc2n1C. The topological polar surface area (TPSA) is 92.4 Å². The predicted octanol–water partition coefficient (Wildman–Crippen LogP) is 3.92. The van der Waals surface area contributed by atoms with Crippen LogP contribution in [0.5, 0.6) is 5.75 Å². The van der Waals surface area contributed by atoms with Crippen molar-refractivity contribution in [3.8, 4) is 5.75 Å². The van der Waals surface area contributed by atoms with Gasteiger partial charge in [-0.25, -0.2) is 9.78 Å². The van der Waals surface area contributed by atoms with Crippen molar-refractivity contribution in [3.05, 3.63) is 58.9 Å². The van der Waals surface area contributed by atoms with Crippen LogP contribution in [0.15, 0.2) is 36.4 Å². The number of aryl methyl sites for hydroxylation is 1. The Bertz CT molecular complexity index is 1020. The summed E-state index contributed by atoms with van der Waals surface area (Å²) in [6.45, 7) is 3.96. The molecular formula is C21H22N2O4. The molecular weight excluding hydrogens is 344 g/mol. The number of fused-ring (bicyclic) bond motifs is 1. The molecule has 27 heavy (non-hydrogen) atoms. The van der Waals surface area contributed by atoms with Crippen molar-refractivity contribution < 1.29 is 19.8 Å². The summed E-state index contributed by atoms with van der Waals surface area (Å²) in [6, 6.07) is 10.3. The quantitative estimate of drug-likeness (QED) is 0.645. The molecule has 3 aromatic rings. The van der Waals surface area contributed by atoms with Gasteiger partial charge >= 0.3 is 5.97 Å². The lowest BCUT2D eigenvalue weighted by atomic mass is 9.97. The van der Waals surface area contributed by atoms with Crippen LogP contribution in [-0.4, -0.2) is 31.5 Å². The molecule has 1 aromatic heterocycles. The Morgan fingerprint density at radius 2 is 1.85 bits per heavy atom.